The fourth-order valence-electron chi connectivity index (χ4n) is 2.48. The van der Waals surface area contributed by atoms with Crippen molar-refractivity contribution in [3.05, 3.63) is 33.1 Å². The van der Waals surface area contributed by atoms with Crippen molar-refractivity contribution in [1.82, 2.24) is 9.55 Å². The molecule has 132 valence electrons. The van der Waals surface area contributed by atoms with Gasteiger partial charge in [-0.15, -0.1) is 0 Å². The molecule has 1 aromatic rings. The Morgan fingerprint density at radius 1 is 1.25 bits per heavy atom. The van der Waals surface area contributed by atoms with E-state index in [4.69, 9.17) is 18.9 Å². The molecule has 0 bridgehead atoms. The van der Waals surface area contributed by atoms with Gasteiger partial charge in [-0.25, -0.2) is 4.79 Å². The first kappa shape index (κ1) is 17.9. The molecule has 0 aliphatic carbocycles. The number of esters is 2. The predicted molar refractivity (Wildman–Crippen MR) is 78.2 cm³/mol. The number of carbonyl (C=O) groups excluding carboxylic acids is 2. The highest BCUT2D eigenvalue weighted by atomic mass is 16.6. The summed E-state index contributed by atoms with van der Waals surface area (Å²) < 4.78 is 22.2. The van der Waals surface area contributed by atoms with Gasteiger partial charge in [0.25, 0.3) is 5.56 Å². The topological polar surface area (TPSA) is 126 Å². The molecular formula is C14H18N2O8. The molecule has 4 atom stereocenters. The highest BCUT2D eigenvalue weighted by molar-refractivity contribution is 5.66. The largest absolute Gasteiger partial charge is 0.463 e. The molecule has 1 aliphatic rings. The Bertz CT molecular complexity index is 724. The van der Waals surface area contributed by atoms with Crippen molar-refractivity contribution in [2.75, 3.05) is 13.7 Å². The van der Waals surface area contributed by atoms with E-state index in [0.717, 1.165) is 10.6 Å². The van der Waals surface area contributed by atoms with Crippen LogP contribution in [0.2, 0.25) is 0 Å². The van der Waals surface area contributed by atoms with E-state index < -0.39 is 47.7 Å². The van der Waals surface area contributed by atoms with Gasteiger partial charge in [-0.3, -0.25) is 23.9 Å². The van der Waals surface area contributed by atoms with E-state index in [9.17, 15) is 19.2 Å². The number of nitrogens with one attached hydrogen (secondary N) is 1. The summed E-state index contributed by atoms with van der Waals surface area (Å²) in [6.07, 6.45) is -2.28. The first-order valence-corrected chi connectivity index (χ1v) is 7.13. The van der Waals surface area contributed by atoms with Crippen LogP contribution in [0, 0.1) is 0 Å². The number of ether oxygens (including phenoxy) is 4. The number of aromatic nitrogens is 2. The Labute approximate surface area is 136 Å². The van der Waals surface area contributed by atoms with Gasteiger partial charge in [0.15, 0.2) is 12.3 Å². The third kappa shape index (κ3) is 3.89. The molecule has 0 unspecified atom stereocenters. The fraction of sp³-hybridized carbons (Fsp3) is 0.571. The molecule has 0 spiro atoms. The van der Waals surface area contributed by atoms with Crippen LogP contribution in [0.25, 0.3) is 0 Å². The zero-order chi connectivity index (χ0) is 17.9. The summed E-state index contributed by atoms with van der Waals surface area (Å²) in [6, 6.07) is 1.15. The van der Waals surface area contributed by atoms with Crippen LogP contribution in [0.5, 0.6) is 0 Å². The van der Waals surface area contributed by atoms with Crippen molar-refractivity contribution < 1.29 is 28.5 Å². The van der Waals surface area contributed by atoms with E-state index in [-0.39, 0.29) is 6.61 Å². The number of carbonyl (C=O) groups is 2. The van der Waals surface area contributed by atoms with Gasteiger partial charge in [-0.1, -0.05) is 0 Å². The Hall–Kier alpha value is -2.46. The summed E-state index contributed by atoms with van der Waals surface area (Å²) in [5.41, 5.74) is -1.26. The minimum atomic E-state index is -0.968. The van der Waals surface area contributed by atoms with Gasteiger partial charge >= 0.3 is 17.6 Å². The summed E-state index contributed by atoms with van der Waals surface area (Å²) in [6.45, 7) is 2.27. The van der Waals surface area contributed by atoms with Gasteiger partial charge in [0, 0.05) is 33.2 Å². The Morgan fingerprint density at radius 3 is 2.50 bits per heavy atom. The zero-order valence-electron chi connectivity index (χ0n) is 13.4. The highest BCUT2D eigenvalue weighted by Gasteiger charge is 2.49. The zero-order valence-corrected chi connectivity index (χ0v) is 13.4. The second-order valence-corrected chi connectivity index (χ2v) is 5.16. The molecule has 24 heavy (non-hydrogen) atoms. The Kier molecular flexibility index (Phi) is 5.52. The van der Waals surface area contributed by atoms with Gasteiger partial charge in [0.2, 0.25) is 0 Å². The summed E-state index contributed by atoms with van der Waals surface area (Å²) in [5.74, 6) is -1.10. The number of H-pyrrole nitrogens is 1. The van der Waals surface area contributed by atoms with Gasteiger partial charge in [-0.05, 0) is 0 Å². The molecule has 1 aromatic heterocycles. The molecule has 10 nitrogen and oxygen atoms in total. The fourth-order valence-corrected chi connectivity index (χ4v) is 2.48. The maximum absolute atomic E-state index is 12.0. The summed E-state index contributed by atoms with van der Waals surface area (Å²) in [5, 5.41) is 0. The number of methoxy groups -OCH3 is 1. The number of nitrogens with zero attached hydrogens (tertiary/aromatic N) is 1. The summed E-state index contributed by atoms with van der Waals surface area (Å²) in [4.78, 5) is 47.6. The van der Waals surface area contributed by atoms with E-state index in [1.807, 2.05) is 0 Å². The molecule has 1 N–H and O–H groups in total. The lowest BCUT2D eigenvalue weighted by molar-refractivity contribution is -0.157. The third-order valence-corrected chi connectivity index (χ3v) is 3.44. The average molecular weight is 342 g/mol. The second kappa shape index (κ2) is 7.41. The molecule has 0 amide bonds. The molecule has 1 fully saturated rings. The highest BCUT2D eigenvalue weighted by Crippen LogP contribution is 2.32. The van der Waals surface area contributed by atoms with Crippen LogP contribution in [0.15, 0.2) is 21.9 Å². The molecule has 1 saturated heterocycles. The van der Waals surface area contributed by atoms with Crippen molar-refractivity contribution in [1.29, 1.82) is 0 Å². The van der Waals surface area contributed by atoms with Crippen molar-refractivity contribution in [2.24, 2.45) is 0 Å². The van der Waals surface area contributed by atoms with Crippen LogP contribution < -0.4 is 11.2 Å². The van der Waals surface area contributed by atoms with E-state index in [2.05, 4.69) is 4.98 Å². The van der Waals surface area contributed by atoms with Crippen LogP contribution in [-0.4, -0.2) is 53.5 Å². The maximum atomic E-state index is 12.0. The second-order valence-electron chi connectivity index (χ2n) is 5.16. The molecule has 2 heterocycles. The molecule has 0 saturated carbocycles. The summed E-state index contributed by atoms with van der Waals surface area (Å²) in [7, 11) is 1.36. The number of hydrogen-bond donors (Lipinski definition) is 1. The SMILES string of the molecule is CO[C@@H]1[C@H](OC(C)=O)[C@@H](COC(C)=O)O[C@H]1n1ccc(=O)[nH]c1=O. The molecule has 10 heteroatoms. The molecular weight excluding hydrogens is 324 g/mol. The van der Waals surface area contributed by atoms with E-state index in [0.29, 0.717) is 0 Å². The third-order valence-electron chi connectivity index (χ3n) is 3.44. The minimum Gasteiger partial charge on any atom is -0.463 e. The van der Waals surface area contributed by atoms with E-state index >= 15 is 0 Å². The molecule has 2 rings (SSSR count). The number of hydrogen-bond acceptors (Lipinski definition) is 8. The summed E-state index contributed by atoms with van der Waals surface area (Å²) >= 11 is 0. The van der Waals surface area contributed by atoms with Crippen molar-refractivity contribution in [3.8, 4) is 0 Å². The average Bonchev–Trinajstić information content (AvgIpc) is 2.82. The van der Waals surface area contributed by atoms with E-state index in [1.54, 1.807) is 0 Å². The lowest BCUT2D eigenvalue weighted by atomic mass is 10.1. The predicted octanol–water partition coefficient (Wildman–Crippen LogP) is -1.06. The molecule has 0 aromatic carbocycles. The Morgan fingerprint density at radius 2 is 1.96 bits per heavy atom. The van der Waals surface area contributed by atoms with Crippen LogP contribution >= 0.6 is 0 Å². The number of aromatic amines is 1. The minimum absolute atomic E-state index is 0.179. The number of rotatable bonds is 5. The maximum Gasteiger partial charge on any atom is 0.330 e. The first-order valence-electron chi connectivity index (χ1n) is 7.13. The Balaban J connectivity index is 2.34. The van der Waals surface area contributed by atoms with Crippen molar-refractivity contribution in [2.45, 2.75) is 38.4 Å². The lowest BCUT2D eigenvalue weighted by Crippen LogP contribution is -2.41. The van der Waals surface area contributed by atoms with Crippen molar-refractivity contribution in [3.63, 3.8) is 0 Å². The van der Waals surface area contributed by atoms with Crippen LogP contribution in [-0.2, 0) is 28.5 Å². The monoisotopic (exact) mass is 342 g/mol. The van der Waals surface area contributed by atoms with E-state index in [1.165, 1.54) is 27.2 Å². The van der Waals surface area contributed by atoms with Crippen LogP contribution in [0.4, 0.5) is 0 Å². The van der Waals surface area contributed by atoms with Crippen LogP contribution in [0.3, 0.4) is 0 Å². The van der Waals surface area contributed by atoms with Gasteiger partial charge in [-0.2, -0.15) is 0 Å². The molecule has 1 aliphatic heterocycles. The molecule has 0 radical (unpaired) electrons. The quantitative estimate of drug-likeness (QED) is 0.671. The smallest absolute Gasteiger partial charge is 0.330 e. The van der Waals surface area contributed by atoms with Crippen LogP contribution in [0.1, 0.15) is 20.1 Å². The first-order chi connectivity index (χ1) is 11.3. The van der Waals surface area contributed by atoms with Crippen molar-refractivity contribution >= 4 is 11.9 Å². The van der Waals surface area contributed by atoms with Gasteiger partial charge in [0.1, 0.15) is 18.8 Å². The van der Waals surface area contributed by atoms with Gasteiger partial charge in [0.05, 0.1) is 0 Å². The lowest BCUT2D eigenvalue weighted by Gasteiger charge is -2.22. The standard InChI is InChI=1S/C14H18N2O8/c1-7(17)22-6-9-11(23-8(2)18)12(21-3)13(24-9)16-5-4-10(19)15-14(16)20/h4-5,9,11-13H,6H2,1-3H3,(H,15,19,20)/t9-,11-,12-,13-/m1/s1. The van der Waals surface area contributed by atoms with Gasteiger partial charge < -0.3 is 18.9 Å². The normalized spacial score (nSPS) is 26.1.